The maximum absolute atomic E-state index is 12.2. The molecule has 0 saturated heterocycles. The maximum atomic E-state index is 12.2. The largest absolute Gasteiger partial charge is 0.385 e. The van der Waals surface area contributed by atoms with E-state index >= 15 is 0 Å². The van der Waals surface area contributed by atoms with Crippen molar-refractivity contribution in [2.45, 2.75) is 17.8 Å². The smallest absolute Gasteiger partial charge is 0.195 e. The molecule has 0 rings (SSSR count). The van der Waals surface area contributed by atoms with Gasteiger partial charge in [0, 0.05) is 0 Å². The van der Waals surface area contributed by atoms with E-state index in [1.54, 1.807) is 0 Å². The van der Waals surface area contributed by atoms with Crippen LogP contribution in [0.2, 0.25) is 0 Å². The van der Waals surface area contributed by atoms with Gasteiger partial charge in [0.25, 0.3) is 0 Å². The number of alkyl halides is 6. The van der Waals surface area contributed by atoms with E-state index in [1.807, 2.05) is 0 Å². The number of rotatable bonds is 4. The van der Waals surface area contributed by atoms with Gasteiger partial charge in [0.05, 0.1) is 0 Å². The molecule has 0 spiro atoms. The standard InChI is InChI=1S/C6H3F8/c1-2-4(9,10)6(13,14)5(11,12)3(7)8/h2H,1H2. The quantitative estimate of drug-likeness (QED) is 0.509. The summed E-state index contributed by atoms with van der Waals surface area (Å²) in [5.41, 5.74) is 0. The van der Waals surface area contributed by atoms with Gasteiger partial charge in [-0.1, -0.05) is 6.58 Å². The fourth-order valence-corrected chi connectivity index (χ4v) is 0.456. The van der Waals surface area contributed by atoms with Crippen molar-refractivity contribution in [3.8, 4) is 0 Å². The predicted molar refractivity (Wildman–Crippen MR) is 30.5 cm³/mol. The fraction of sp³-hybridized carbons (Fsp3) is 0.500. The van der Waals surface area contributed by atoms with E-state index in [2.05, 4.69) is 6.58 Å². The van der Waals surface area contributed by atoms with Gasteiger partial charge in [0.15, 0.2) is 0 Å². The molecule has 0 aromatic carbocycles. The van der Waals surface area contributed by atoms with Crippen LogP contribution < -0.4 is 0 Å². The normalized spacial score (nSPS) is 14.6. The van der Waals surface area contributed by atoms with Crippen LogP contribution in [-0.4, -0.2) is 17.8 Å². The Morgan fingerprint density at radius 1 is 0.929 bits per heavy atom. The van der Waals surface area contributed by atoms with E-state index in [1.165, 1.54) is 0 Å². The highest BCUT2D eigenvalue weighted by Gasteiger charge is 2.75. The Hall–Kier alpha value is -0.820. The molecule has 0 atom stereocenters. The highest BCUT2D eigenvalue weighted by atomic mass is 19.4. The molecule has 14 heavy (non-hydrogen) atoms. The molecule has 0 fully saturated rings. The summed E-state index contributed by atoms with van der Waals surface area (Å²) in [7, 11) is 0. The summed E-state index contributed by atoms with van der Waals surface area (Å²) >= 11 is 0. The summed E-state index contributed by atoms with van der Waals surface area (Å²) in [4.78, 5) is 0. The molecule has 0 aromatic rings. The molecule has 0 aliphatic carbocycles. The highest BCUT2D eigenvalue weighted by Crippen LogP contribution is 2.51. The molecule has 0 unspecified atom stereocenters. The van der Waals surface area contributed by atoms with Crippen LogP contribution in [0.15, 0.2) is 12.7 Å². The molecule has 8 heteroatoms. The van der Waals surface area contributed by atoms with Crippen LogP contribution >= 0.6 is 0 Å². The van der Waals surface area contributed by atoms with E-state index < -0.39 is 30.3 Å². The van der Waals surface area contributed by atoms with Crippen LogP contribution in [0.1, 0.15) is 0 Å². The molecule has 0 N–H and O–H groups in total. The molecule has 0 nitrogen and oxygen atoms in total. The van der Waals surface area contributed by atoms with Gasteiger partial charge in [0.1, 0.15) is 0 Å². The Morgan fingerprint density at radius 2 is 1.29 bits per heavy atom. The van der Waals surface area contributed by atoms with E-state index in [4.69, 9.17) is 0 Å². The average molecular weight is 227 g/mol. The average Bonchev–Trinajstić information content (AvgIpc) is 2.03. The second-order valence-electron chi connectivity index (χ2n) is 2.24. The number of allylic oxidation sites excluding steroid dienone is 1. The number of hydrogen-bond donors (Lipinski definition) is 0. The first kappa shape index (κ1) is 13.2. The Labute approximate surface area is 73.2 Å². The third-order valence-electron chi connectivity index (χ3n) is 1.31. The minimum atomic E-state index is -6.21. The van der Waals surface area contributed by atoms with Crippen molar-refractivity contribution in [3.63, 3.8) is 0 Å². The molecule has 0 saturated carbocycles. The zero-order valence-corrected chi connectivity index (χ0v) is 6.31. The fourth-order valence-electron chi connectivity index (χ4n) is 0.456. The lowest BCUT2D eigenvalue weighted by Gasteiger charge is -2.29. The van der Waals surface area contributed by atoms with Crippen LogP contribution in [0.4, 0.5) is 35.1 Å². The van der Waals surface area contributed by atoms with E-state index in [9.17, 15) is 35.1 Å². The van der Waals surface area contributed by atoms with Gasteiger partial charge in [-0.15, -0.1) is 0 Å². The Balaban J connectivity index is 5.24. The van der Waals surface area contributed by atoms with Crippen LogP contribution in [0.25, 0.3) is 0 Å². The topological polar surface area (TPSA) is 0 Å². The second-order valence-corrected chi connectivity index (χ2v) is 2.24. The van der Waals surface area contributed by atoms with Crippen molar-refractivity contribution >= 4 is 0 Å². The number of hydrogen-bond acceptors (Lipinski definition) is 0. The van der Waals surface area contributed by atoms with Crippen molar-refractivity contribution in [2.75, 3.05) is 0 Å². The van der Waals surface area contributed by atoms with Crippen molar-refractivity contribution in [1.29, 1.82) is 0 Å². The summed E-state index contributed by atoms with van der Waals surface area (Å²) in [5, 5.41) is 0. The van der Waals surface area contributed by atoms with Crippen LogP contribution in [0, 0.1) is 6.43 Å². The lowest BCUT2D eigenvalue weighted by Crippen LogP contribution is -2.54. The van der Waals surface area contributed by atoms with Crippen molar-refractivity contribution in [1.82, 2.24) is 0 Å². The minimum Gasteiger partial charge on any atom is -0.195 e. The van der Waals surface area contributed by atoms with Gasteiger partial charge in [-0.3, -0.25) is 0 Å². The van der Waals surface area contributed by atoms with Gasteiger partial charge in [-0.2, -0.15) is 35.1 Å². The first-order chi connectivity index (χ1) is 6.00. The minimum absolute atomic E-state index is 0.816. The zero-order valence-electron chi connectivity index (χ0n) is 6.31. The van der Waals surface area contributed by atoms with Crippen molar-refractivity contribution < 1.29 is 35.1 Å². The lowest BCUT2D eigenvalue weighted by atomic mass is 10.1. The van der Waals surface area contributed by atoms with Crippen LogP contribution in [0.3, 0.4) is 0 Å². The Kier molecular flexibility index (Phi) is 3.19. The Morgan fingerprint density at radius 3 is 1.50 bits per heavy atom. The van der Waals surface area contributed by atoms with Crippen molar-refractivity contribution in [2.24, 2.45) is 0 Å². The maximum Gasteiger partial charge on any atom is 0.385 e. The number of halogens is 8. The molecule has 0 bridgehead atoms. The van der Waals surface area contributed by atoms with E-state index in [0.29, 0.717) is 0 Å². The SMILES string of the molecule is C=CC(F)(F)C(F)(F)C(F)(F)[C](F)F. The third kappa shape index (κ3) is 1.69. The molecule has 0 aliphatic heterocycles. The van der Waals surface area contributed by atoms with Gasteiger partial charge < -0.3 is 0 Å². The summed E-state index contributed by atoms with van der Waals surface area (Å²) in [6.45, 7) is 2.15. The van der Waals surface area contributed by atoms with Gasteiger partial charge in [-0.25, -0.2) is 0 Å². The summed E-state index contributed by atoms with van der Waals surface area (Å²) in [5.74, 6) is -17.8. The second kappa shape index (κ2) is 3.39. The Bertz CT molecular complexity index is 218. The molecular formula is C6H3F8. The van der Waals surface area contributed by atoms with Crippen LogP contribution in [0.5, 0.6) is 0 Å². The van der Waals surface area contributed by atoms with Crippen molar-refractivity contribution in [3.05, 3.63) is 19.1 Å². The molecule has 0 amide bonds. The first-order valence-electron chi connectivity index (χ1n) is 2.96. The molecule has 0 aliphatic rings. The first-order valence-corrected chi connectivity index (χ1v) is 2.96. The molecular weight excluding hydrogens is 224 g/mol. The summed E-state index contributed by atoms with van der Waals surface area (Å²) in [6, 6.07) is 0. The van der Waals surface area contributed by atoms with Crippen LogP contribution in [-0.2, 0) is 0 Å². The van der Waals surface area contributed by atoms with Gasteiger partial charge in [0.2, 0.25) is 0 Å². The van der Waals surface area contributed by atoms with Gasteiger partial charge >= 0.3 is 24.2 Å². The molecule has 0 aromatic heterocycles. The lowest BCUT2D eigenvalue weighted by molar-refractivity contribution is -0.302. The molecule has 83 valence electrons. The molecule has 0 heterocycles. The van der Waals surface area contributed by atoms with E-state index in [-0.39, 0.29) is 0 Å². The highest BCUT2D eigenvalue weighted by molar-refractivity contribution is 5.09. The van der Waals surface area contributed by atoms with E-state index in [0.717, 1.165) is 0 Å². The third-order valence-corrected chi connectivity index (χ3v) is 1.31. The summed E-state index contributed by atoms with van der Waals surface area (Å²) in [6.07, 6.45) is -4.90. The van der Waals surface area contributed by atoms with Gasteiger partial charge in [-0.05, 0) is 6.08 Å². The zero-order chi connectivity index (χ0) is 11.8. The summed E-state index contributed by atoms with van der Waals surface area (Å²) < 4.78 is 95.0. The monoisotopic (exact) mass is 227 g/mol. The molecule has 1 radical (unpaired) electrons. The predicted octanol–water partition coefficient (Wildman–Crippen LogP) is 3.51.